The van der Waals surface area contributed by atoms with Gasteiger partial charge >= 0.3 is 0 Å². The van der Waals surface area contributed by atoms with Crippen molar-refractivity contribution < 1.29 is 4.92 Å². The molecular formula is C10H10N4O2. The molecule has 0 atom stereocenters. The zero-order valence-corrected chi connectivity index (χ0v) is 8.41. The topological polar surface area (TPSA) is 87.0 Å². The minimum absolute atomic E-state index is 0.0313. The van der Waals surface area contributed by atoms with Gasteiger partial charge in [0.15, 0.2) is 0 Å². The number of para-hydroxylation sites is 1. The van der Waals surface area contributed by atoms with Gasteiger partial charge in [-0.3, -0.25) is 10.1 Å². The van der Waals surface area contributed by atoms with Crippen molar-refractivity contribution in [3.05, 3.63) is 52.6 Å². The summed E-state index contributed by atoms with van der Waals surface area (Å²) in [6, 6.07) is 4.92. The Morgan fingerprint density at radius 3 is 2.94 bits per heavy atom. The molecule has 82 valence electrons. The smallest absolute Gasteiger partial charge is 0.297 e. The van der Waals surface area contributed by atoms with Crippen molar-refractivity contribution in [2.45, 2.75) is 6.54 Å². The number of hydrogen-bond donors (Lipinski definition) is 1. The van der Waals surface area contributed by atoms with Gasteiger partial charge in [-0.1, -0.05) is 12.1 Å². The van der Waals surface area contributed by atoms with Crippen LogP contribution in [0.1, 0.15) is 5.56 Å². The molecule has 0 aliphatic heterocycles. The molecule has 2 aromatic rings. The lowest BCUT2D eigenvalue weighted by atomic mass is 10.1. The summed E-state index contributed by atoms with van der Waals surface area (Å²) in [7, 11) is 0. The fourth-order valence-electron chi connectivity index (χ4n) is 1.54. The number of nitro benzene ring substituents is 1. The van der Waals surface area contributed by atoms with Crippen LogP contribution in [-0.4, -0.2) is 14.5 Å². The Kier molecular flexibility index (Phi) is 2.55. The lowest BCUT2D eigenvalue weighted by Gasteiger charge is -2.05. The fraction of sp³-hybridized carbons (Fsp3) is 0.100. The Balaban J connectivity index is 2.40. The second kappa shape index (κ2) is 4.01. The van der Waals surface area contributed by atoms with E-state index in [1.165, 1.54) is 6.07 Å². The van der Waals surface area contributed by atoms with Crippen LogP contribution in [0, 0.1) is 10.1 Å². The van der Waals surface area contributed by atoms with Crippen LogP contribution in [0.3, 0.4) is 0 Å². The summed E-state index contributed by atoms with van der Waals surface area (Å²) < 4.78 is 1.75. The maximum atomic E-state index is 10.9. The molecule has 16 heavy (non-hydrogen) atoms. The van der Waals surface area contributed by atoms with E-state index in [0.29, 0.717) is 12.1 Å². The Labute approximate surface area is 91.5 Å². The Morgan fingerprint density at radius 1 is 1.50 bits per heavy atom. The van der Waals surface area contributed by atoms with Crippen molar-refractivity contribution in [3.63, 3.8) is 0 Å². The van der Waals surface area contributed by atoms with Gasteiger partial charge in [-0.05, 0) is 6.07 Å². The predicted molar refractivity (Wildman–Crippen MR) is 58.8 cm³/mol. The molecule has 6 heteroatoms. The van der Waals surface area contributed by atoms with Crippen LogP contribution in [0.5, 0.6) is 0 Å². The van der Waals surface area contributed by atoms with Gasteiger partial charge in [-0.15, -0.1) is 0 Å². The highest BCUT2D eigenvalue weighted by Gasteiger charge is 2.17. The van der Waals surface area contributed by atoms with E-state index in [-0.39, 0.29) is 11.4 Å². The van der Waals surface area contributed by atoms with Crippen molar-refractivity contribution >= 4 is 11.4 Å². The number of imidazole rings is 1. The molecule has 6 nitrogen and oxygen atoms in total. The molecule has 1 aromatic carbocycles. The minimum atomic E-state index is -0.457. The molecule has 0 aliphatic rings. The first-order chi connectivity index (χ1) is 7.68. The van der Waals surface area contributed by atoms with Crippen molar-refractivity contribution in [3.8, 4) is 0 Å². The number of aromatic nitrogens is 2. The first kappa shape index (κ1) is 10.2. The summed E-state index contributed by atoms with van der Waals surface area (Å²) in [6.45, 7) is 0.390. The lowest BCUT2D eigenvalue weighted by molar-refractivity contribution is -0.384. The van der Waals surface area contributed by atoms with Crippen LogP contribution >= 0.6 is 0 Å². The Hall–Kier alpha value is -2.37. The standard InChI is InChI=1S/C10H10N4O2/c11-9-3-1-2-8(10(9)14(15)16)6-13-5-4-12-7-13/h1-5,7H,6,11H2. The van der Waals surface area contributed by atoms with E-state index in [9.17, 15) is 10.1 Å². The Morgan fingerprint density at radius 2 is 2.31 bits per heavy atom. The van der Waals surface area contributed by atoms with E-state index in [1.807, 2.05) is 0 Å². The number of nitrogens with zero attached hydrogens (tertiary/aromatic N) is 3. The summed E-state index contributed by atoms with van der Waals surface area (Å²) in [6.07, 6.45) is 4.97. The molecule has 0 fully saturated rings. The lowest BCUT2D eigenvalue weighted by Crippen LogP contribution is -2.04. The largest absolute Gasteiger partial charge is 0.393 e. The summed E-state index contributed by atoms with van der Waals surface area (Å²) in [5.74, 6) is 0. The highest BCUT2D eigenvalue weighted by Crippen LogP contribution is 2.26. The molecule has 0 bridgehead atoms. The summed E-state index contributed by atoms with van der Waals surface area (Å²) in [5, 5.41) is 10.9. The van der Waals surface area contributed by atoms with Crippen LogP contribution in [-0.2, 0) is 6.54 Å². The number of nitrogens with two attached hydrogens (primary N) is 1. The molecule has 0 saturated heterocycles. The Bertz CT molecular complexity index is 508. The summed E-state index contributed by atoms with van der Waals surface area (Å²) in [5.41, 5.74) is 6.31. The molecule has 0 radical (unpaired) electrons. The minimum Gasteiger partial charge on any atom is -0.393 e. The van der Waals surface area contributed by atoms with Crippen molar-refractivity contribution in [2.24, 2.45) is 0 Å². The van der Waals surface area contributed by atoms with E-state index < -0.39 is 4.92 Å². The second-order valence-corrected chi connectivity index (χ2v) is 3.35. The highest BCUT2D eigenvalue weighted by molar-refractivity contribution is 5.62. The second-order valence-electron chi connectivity index (χ2n) is 3.35. The monoisotopic (exact) mass is 218 g/mol. The van der Waals surface area contributed by atoms with Gasteiger partial charge < -0.3 is 10.3 Å². The van der Waals surface area contributed by atoms with E-state index in [1.54, 1.807) is 35.4 Å². The first-order valence-corrected chi connectivity index (χ1v) is 4.66. The molecule has 0 unspecified atom stereocenters. The zero-order valence-electron chi connectivity index (χ0n) is 8.41. The van der Waals surface area contributed by atoms with Gasteiger partial charge in [-0.2, -0.15) is 0 Å². The molecule has 0 saturated carbocycles. The molecule has 1 aromatic heterocycles. The van der Waals surface area contributed by atoms with Crippen LogP contribution < -0.4 is 5.73 Å². The number of rotatable bonds is 3. The molecule has 2 N–H and O–H groups in total. The maximum Gasteiger partial charge on any atom is 0.297 e. The fourth-order valence-corrected chi connectivity index (χ4v) is 1.54. The third-order valence-electron chi connectivity index (χ3n) is 2.25. The van der Waals surface area contributed by atoms with Gasteiger partial charge in [0.25, 0.3) is 5.69 Å². The maximum absolute atomic E-state index is 10.9. The van der Waals surface area contributed by atoms with Crippen LogP contribution in [0.2, 0.25) is 0 Å². The normalized spacial score (nSPS) is 10.2. The molecular weight excluding hydrogens is 208 g/mol. The van der Waals surface area contributed by atoms with Crippen molar-refractivity contribution in [2.75, 3.05) is 5.73 Å². The average Bonchev–Trinajstić information content (AvgIpc) is 2.70. The molecule has 2 rings (SSSR count). The van der Waals surface area contributed by atoms with Crippen molar-refractivity contribution in [1.29, 1.82) is 0 Å². The summed E-state index contributed by atoms with van der Waals surface area (Å²) in [4.78, 5) is 14.3. The van der Waals surface area contributed by atoms with Crippen molar-refractivity contribution in [1.82, 2.24) is 9.55 Å². The van der Waals surface area contributed by atoms with E-state index >= 15 is 0 Å². The highest BCUT2D eigenvalue weighted by atomic mass is 16.6. The quantitative estimate of drug-likeness (QED) is 0.479. The third-order valence-corrected chi connectivity index (χ3v) is 2.25. The number of nitro groups is 1. The number of benzene rings is 1. The molecule has 0 amide bonds. The van der Waals surface area contributed by atoms with Gasteiger partial charge in [0.1, 0.15) is 5.69 Å². The van der Waals surface area contributed by atoms with Crippen LogP contribution in [0.4, 0.5) is 11.4 Å². The van der Waals surface area contributed by atoms with E-state index in [0.717, 1.165) is 0 Å². The number of anilines is 1. The van der Waals surface area contributed by atoms with E-state index in [4.69, 9.17) is 5.73 Å². The van der Waals surface area contributed by atoms with Gasteiger partial charge in [0, 0.05) is 12.4 Å². The molecule has 0 spiro atoms. The summed E-state index contributed by atoms with van der Waals surface area (Å²) >= 11 is 0. The average molecular weight is 218 g/mol. The first-order valence-electron chi connectivity index (χ1n) is 4.66. The zero-order chi connectivity index (χ0) is 11.5. The third kappa shape index (κ3) is 1.85. The van der Waals surface area contributed by atoms with Gasteiger partial charge in [-0.25, -0.2) is 4.98 Å². The SMILES string of the molecule is Nc1cccc(Cn2ccnc2)c1[N+](=O)[O-]. The van der Waals surface area contributed by atoms with Crippen LogP contribution in [0.15, 0.2) is 36.9 Å². The predicted octanol–water partition coefficient (Wildman–Crippen LogP) is 1.42. The molecule has 0 aliphatic carbocycles. The van der Waals surface area contributed by atoms with Gasteiger partial charge in [0.2, 0.25) is 0 Å². The molecule has 1 heterocycles. The van der Waals surface area contributed by atoms with Crippen LogP contribution in [0.25, 0.3) is 0 Å². The number of nitrogen functional groups attached to an aromatic ring is 1. The van der Waals surface area contributed by atoms with E-state index in [2.05, 4.69) is 4.98 Å². The number of hydrogen-bond acceptors (Lipinski definition) is 4. The van der Waals surface area contributed by atoms with Gasteiger partial charge in [0.05, 0.1) is 23.4 Å².